The first-order valence-electron chi connectivity index (χ1n) is 11.3. The van der Waals surface area contributed by atoms with Crippen molar-refractivity contribution in [1.29, 1.82) is 0 Å². The van der Waals surface area contributed by atoms with Crippen LogP contribution < -0.4 is 16.1 Å². The highest BCUT2D eigenvalue weighted by molar-refractivity contribution is 7.89. The Balaban J connectivity index is 1.70. The predicted octanol–water partition coefficient (Wildman–Crippen LogP) is 1.73. The van der Waals surface area contributed by atoms with E-state index in [9.17, 15) is 22.8 Å². The molecule has 10 nitrogen and oxygen atoms in total. The van der Waals surface area contributed by atoms with Crippen LogP contribution in [0.15, 0.2) is 44.9 Å². The molecule has 1 aliphatic heterocycles. The summed E-state index contributed by atoms with van der Waals surface area (Å²) in [6.07, 6.45) is 2.56. The molecule has 0 aliphatic carbocycles. The number of fused-ring (bicyclic) bond motifs is 2. The molecule has 2 aromatic heterocycles. The Bertz CT molecular complexity index is 1490. The van der Waals surface area contributed by atoms with Crippen LogP contribution in [0.5, 0.6) is 0 Å². The molecule has 0 spiro atoms. The molecule has 0 unspecified atom stereocenters. The van der Waals surface area contributed by atoms with Gasteiger partial charge in [0, 0.05) is 38.1 Å². The van der Waals surface area contributed by atoms with E-state index in [-0.39, 0.29) is 27.4 Å². The van der Waals surface area contributed by atoms with Crippen LogP contribution in [0.1, 0.15) is 43.1 Å². The number of aryl methyl sites for hydroxylation is 1. The largest absolute Gasteiger partial charge is 0.329 e. The second-order valence-corrected chi connectivity index (χ2v) is 10.0. The molecule has 3 heterocycles. The minimum absolute atomic E-state index is 0.166. The van der Waals surface area contributed by atoms with Gasteiger partial charge in [0.05, 0.1) is 15.8 Å². The molecule has 34 heavy (non-hydrogen) atoms. The third kappa shape index (κ3) is 3.94. The minimum atomic E-state index is -3.60. The van der Waals surface area contributed by atoms with Crippen molar-refractivity contribution in [3.05, 3.63) is 62.4 Å². The number of sulfonamides is 1. The number of amides is 1. The molecule has 0 saturated carbocycles. The highest BCUT2D eigenvalue weighted by Gasteiger charge is 2.29. The standard InChI is InChI=1S/C23H27N5O5S/c1-4-10-28-20-18(21(29)25-23(28)31)13-16(14-24-20)22(30)27-11-9-15-12-17(7-8-19(15)27)34(32,33)26(5-2)6-3/h7-8,12-14H,4-6,9-11H2,1-3H3,(H,25,29,31). The highest BCUT2D eigenvalue weighted by atomic mass is 32.2. The summed E-state index contributed by atoms with van der Waals surface area (Å²) in [5, 5.41) is 0.166. The number of pyridine rings is 1. The first-order chi connectivity index (χ1) is 16.2. The van der Waals surface area contributed by atoms with Crippen LogP contribution in [-0.2, 0) is 23.0 Å². The Kier molecular flexibility index (Phi) is 6.41. The summed E-state index contributed by atoms with van der Waals surface area (Å²) in [6, 6.07) is 6.25. The van der Waals surface area contributed by atoms with Crippen molar-refractivity contribution < 1.29 is 13.2 Å². The lowest BCUT2D eigenvalue weighted by atomic mass is 10.1. The average molecular weight is 486 g/mol. The van der Waals surface area contributed by atoms with Crippen LogP contribution in [0.4, 0.5) is 5.69 Å². The second-order valence-electron chi connectivity index (χ2n) is 8.09. The van der Waals surface area contributed by atoms with E-state index >= 15 is 0 Å². The SMILES string of the molecule is CCCn1c(=O)[nH]c(=O)c2cc(C(=O)N3CCc4cc(S(=O)(=O)N(CC)CC)ccc43)cnc21. The van der Waals surface area contributed by atoms with Crippen molar-refractivity contribution in [2.45, 2.75) is 45.1 Å². The van der Waals surface area contributed by atoms with Crippen LogP contribution in [0, 0.1) is 0 Å². The maximum atomic E-state index is 13.3. The van der Waals surface area contributed by atoms with Gasteiger partial charge in [0.1, 0.15) is 5.65 Å². The number of carbonyl (C=O) groups is 1. The number of anilines is 1. The molecule has 11 heteroatoms. The zero-order valence-corrected chi connectivity index (χ0v) is 20.2. The molecule has 0 fully saturated rings. The Morgan fingerprint density at radius 1 is 1.15 bits per heavy atom. The van der Waals surface area contributed by atoms with Crippen molar-refractivity contribution in [3.8, 4) is 0 Å². The molecule has 0 atom stereocenters. The summed E-state index contributed by atoms with van der Waals surface area (Å²) in [5.74, 6) is -0.347. The first-order valence-corrected chi connectivity index (χ1v) is 12.7. The van der Waals surface area contributed by atoms with Crippen molar-refractivity contribution in [2.75, 3.05) is 24.5 Å². The molecular formula is C23H27N5O5S. The Hall–Kier alpha value is -3.31. The van der Waals surface area contributed by atoms with Gasteiger partial charge in [-0.3, -0.25) is 19.1 Å². The Labute approximate surface area is 196 Å². The average Bonchev–Trinajstić information content (AvgIpc) is 3.25. The lowest BCUT2D eigenvalue weighted by Crippen LogP contribution is -2.32. The summed E-state index contributed by atoms with van der Waals surface area (Å²) in [5.41, 5.74) is 0.725. The number of aromatic nitrogens is 3. The number of nitrogens with zero attached hydrogens (tertiary/aromatic N) is 4. The van der Waals surface area contributed by atoms with E-state index in [0.29, 0.717) is 44.7 Å². The van der Waals surface area contributed by atoms with Crippen LogP contribution in [0.2, 0.25) is 0 Å². The van der Waals surface area contributed by atoms with Crippen LogP contribution >= 0.6 is 0 Å². The molecule has 1 aliphatic rings. The van der Waals surface area contributed by atoms with Crippen molar-refractivity contribution in [1.82, 2.24) is 18.8 Å². The molecule has 180 valence electrons. The second kappa shape index (κ2) is 9.15. The summed E-state index contributed by atoms with van der Waals surface area (Å²) in [6.45, 7) is 7.02. The molecule has 4 rings (SSSR count). The fourth-order valence-electron chi connectivity index (χ4n) is 4.33. The number of H-pyrrole nitrogens is 1. The first kappa shape index (κ1) is 23.8. The number of carbonyl (C=O) groups excluding carboxylic acids is 1. The van der Waals surface area contributed by atoms with Crippen LogP contribution in [0.3, 0.4) is 0 Å². The van der Waals surface area contributed by atoms with Gasteiger partial charge in [0.2, 0.25) is 10.0 Å². The monoisotopic (exact) mass is 485 g/mol. The number of nitrogens with one attached hydrogen (secondary N) is 1. The third-order valence-corrected chi connectivity index (χ3v) is 8.11. The van der Waals surface area contributed by atoms with Crippen molar-refractivity contribution in [3.63, 3.8) is 0 Å². The molecule has 0 bridgehead atoms. The molecule has 1 N–H and O–H groups in total. The lowest BCUT2D eigenvalue weighted by Gasteiger charge is -2.20. The van der Waals surface area contributed by atoms with E-state index in [1.807, 2.05) is 6.92 Å². The van der Waals surface area contributed by atoms with Gasteiger partial charge in [-0.2, -0.15) is 4.31 Å². The van der Waals surface area contributed by atoms with E-state index in [1.165, 1.54) is 27.2 Å². The van der Waals surface area contributed by atoms with Gasteiger partial charge in [-0.15, -0.1) is 0 Å². The van der Waals surface area contributed by atoms with Gasteiger partial charge in [0.25, 0.3) is 11.5 Å². The van der Waals surface area contributed by atoms with Gasteiger partial charge in [0.15, 0.2) is 0 Å². The number of rotatable bonds is 7. The fraction of sp³-hybridized carbons (Fsp3) is 0.391. The molecule has 3 aromatic rings. The molecular weight excluding hydrogens is 458 g/mol. The fourth-order valence-corrected chi connectivity index (χ4v) is 5.84. The lowest BCUT2D eigenvalue weighted by molar-refractivity contribution is 0.0989. The smallest absolute Gasteiger partial charge is 0.308 e. The summed E-state index contributed by atoms with van der Waals surface area (Å²) >= 11 is 0. The molecule has 0 radical (unpaired) electrons. The van der Waals surface area contributed by atoms with Gasteiger partial charge in [-0.25, -0.2) is 18.2 Å². The van der Waals surface area contributed by atoms with E-state index in [1.54, 1.807) is 30.9 Å². The summed E-state index contributed by atoms with van der Waals surface area (Å²) < 4.78 is 28.5. The van der Waals surface area contributed by atoms with Crippen molar-refractivity contribution >= 4 is 32.7 Å². The van der Waals surface area contributed by atoms with Gasteiger partial charge in [-0.1, -0.05) is 20.8 Å². The summed E-state index contributed by atoms with van der Waals surface area (Å²) in [7, 11) is -3.60. The number of hydrogen-bond acceptors (Lipinski definition) is 6. The molecule has 1 aromatic carbocycles. The topological polar surface area (TPSA) is 125 Å². The highest BCUT2D eigenvalue weighted by Crippen LogP contribution is 2.32. The van der Waals surface area contributed by atoms with Crippen LogP contribution in [0.25, 0.3) is 11.0 Å². The molecule has 0 saturated heterocycles. The van der Waals surface area contributed by atoms with Crippen molar-refractivity contribution in [2.24, 2.45) is 0 Å². The molecule has 1 amide bonds. The zero-order valence-electron chi connectivity index (χ0n) is 19.4. The number of benzene rings is 1. The zero-order chi connectivity index (χ0) is 24.6. The number of aromatic amines is 1. The van der Waals surface area contributed by atoms with Crippen LogP contribution in [-0.4, -0.2) is 52.8 Å². The van der Waals surface area contributed by atoms with E-state index < -0.39 is 21.3 Å². The number of hydrogen-bond donors (Lipinski definition) is 1. The third-order valence-electron chi connectivity index (χ3n) is 6.06. The van der Waals surface area contributed by atoms with E-state index in [2.05, 4.69) is 9.97 Å². The Morgan fingerprint density at radius 2 is 1.88 bits per heavy atom. The minimum Gasteiger partial charge on any atom is -0.308 e. The quantitative estimate of drug-likeness (QED) is 0.543. The normalized spacial score (nSPS) is 13.6. The summed E-state index contributed by atoms with van der Waals surface area (Å²) in [4.78, 5) is 46.1. The van der Waals surface area contributed by atoms with Gasteiger partial charge < -0.3 is 4.90 Å². The van der Waals surface area contributed by atoms with Gasteiger partial charge >= 0.3 is 5.69 Å². The maximum absolute atomic E-state index is 13.3. The van der Waals surface area contributed by atoms with E-state index in [4.69, 9.17) is 0 Å². The maximum Gasteiger partial charge on any atom is 0.329 e. The predicted molar refractivity (Wildman–Crippen MR) is 129 cm³/mol. The van der Waals surface area contributed by atoms with Gasteiger partial charge in [-0.05, 0) is 42.7 Å². The van der Waals surface area contributed by atoms with E-state index in [0.717, 1.165) is 5.56 Å². The Morgan fingerprint density at radius 3 is 2.56 bits per heavy atom.